The number of likely N-dealkylation sites (N-methyl/N-ethyl adjacent to an activating group) is 1. The van der Waals surface area contributed by atoms with E-state index >= 15 is 0 Å². The maximum absolute atomic E-state index is 13.7. The fourth-order valence-corrected chi connectivity index (χ4v) is 1.72. The Morgan fingerprint density at radius 3 is 2.80 bits per heavy atom. The topological polar surface area (TPSA) is 38.3 Å². The van der Waals surface area contributed by atoms with Crippen LogP contribution in [0.5, 0.6) is 5.75 Å². The molecule has 0 saturated heterocycles. The number of ether oxygens (including phenoxy) is 1. The van der Waals surface area contributed by atoms with Crippen molar-refractivity contribution in [3.63, 3.8) is 0 Å². The number of benzene rings is 1. The minimum atomic E-state index is -0.632. The lowest BCUT2D eigenvalue weighted by Crippen LogP contribution is -2.20. The van der Waals surface area contributed by atoms with Crippen LogP contribution in [0.3, 0.4) is 0 Å². The van der Waals surface area contributed by atoms with E-state index in [2.05, 4.69) is 21.2 Å². The number of carbonyl (C=O) groups is 1. The second kappa shape index (κ2) is 5.23. The molecule has 3 nitrogen and oxygen atoms in total. The van der Waals surface area contributed by atoms with Gasteiger partial charge in [0.25, 0.3) is 0 Å². The Morgan fingerprint density at radius 2 is 2.27 bits per heavy atom. The van der Waals surface area contributed by atoms with Crippen LogP contribution in [0.15, 0.2) is 16.6 Å². The fourth-order valence-electron chi connectivity index (χ4n) is 1.20. The van der Waals surface area contributed by atoms with Crippen LogP contribution >= 0.6 is 15.9 Å². The first-order valence-corrected chi connectivity index (χ1v) is 5.11. The third-order valence-electron chi connectivity index (χ3n) is 1.89. The first kappa shape index (κ1) is 12.1. The van der Waals surface area contributed by atoms with E-state index in [0.29, 0.717) is 4.47 Å². The molecule has 0 aliphatic heterocycles. The molecule has 0 unspecified atom stereocenters. The molecule has 0 aliphatic rings. The van der Waals surface area contributed by atoms with Gasteiger partial charge in [0, 0.05) is 4.47 Å². The molecule has 5 heteroatoms. The molecule has 1 rings (SSSR count). The summed E-state index contributed by atoms with van der Waals surface area (Å²) < 4.78 is 18.9. The van der Waals surface area contributed by atoms with Gasteiger partial charge in [0.05, 0.1) is 19.2 Å². The molecule has 0 aliphatic carbocycles. The highest BCUT2D eigenvalue weighted by Crippen LogP contribution is 2.27. The number of hydrogen-bond acceptors (Lipinski definition) is 3. The molecular weight excluding hydrogens is 265 g/mol. The van der Waals surface area contributed by atoms with Crippen LogP contribution in [0.4, 0.5) is 4.39 Å². The van der Waals surface area contributed by atoms with Gasteiger partial charge in [0.2, 0.25) is 0 Å². The van der Waals surface area contributed by atoms with Crippen molar-refractivity contribution < 1.29 is 13.9 Å². The summed E-state index contributed by atoms with van der Waals surface area (Å²) in [5.41, 5.74) is 0.0173. The fraction of sp³-hybridized carbons (Fsp3) is 0.300. The monoisotopic (exact) mass is 275 g/mol. The van der Waals surface area contributed by atoms with Gasteiger partial charge in [-0.15, -0.1) is 0 Å². The number of ketones is 1. The van der Waals surface area contributed by atoms with Crippen LogP contribution in [0.2, 0.25) is 0 Å². The summed E-state index contributed by atoms with van der Waals surface area (Å²) in [6, 6.07) is 3.06. The molecule has 1 N–H and O–H groups in total. The van der Waals surface area contributed by atoms with Crippen LogP contribution in [-0.2, 0) is 0 Å². The van der Waals surface area contributed by atoms with E-state index in [1.807, 2.05) is 0 Å². The number of halogens is 2. The van der Waals surface area contributed by atoms with Gasteiger partial charge < -0.3 is 10.1 Å². The van der Waals surface area contributed by atoms with Crippen LogP contribution in [0, 0.1) is 5.82 Å². The SMILES string of the molecule is CNCC(=O)c1c(Br)ccc(OC)c1F. The summed E-state index contributed by atoms with van der Waals surface area (Å²) in [7, 11) is 2.99. The van der Waals surface area contributed by atoms with Crippen molar-refractivity contribution in [2.45, 2.75) is 0 Å². The summed E-state index contributed by atoms with van der Waals surface area (Å²) in [4.78, 5) is 11.6. The predicted molar refractivity (Wildman–Crippen MR) is 58.9 cm³/mol. The predicted octanol–water partition coefficient (Wildman–Crippen LogP) is 2.00. The van der Waals surface area contributed by atoms with Gasteiger partial charge in [-0.05, 0) is 35.1 Å². The Kier molecular flexibility index (Phi) is 4.23. The molecular formula is C10H11BrFNO2. The maximum Gasteiger partial charge on any atom is 0.180 e. The molecule has 1 aromatic rings. The van der Waals surface area contributed by atoms with Crippen LogP contribution in [0.25, 0.3) is 0 Å². The highest BCUT2D eigenvalue weighted by molar-refractivity contribution is 9.10. The average molecular weight is 276 g/mol. The summed E-state index contributed by atoms with van der Waals surface area (Å²) in [5, 5.41) is 2.68. The van der Waals surface area contributed by atoms with Crippen LogP contribution in [0.1, 0.15) is 10.4 Å². The number of hydrogen-bond donors (Lipinski definition) is 1. The molecule has 0 heterocycles. The van der Waals surface area contributed by atoms with Gasteiger partial charge in [-0.3, -0.25) is 4.79 Å². The molecule has 0 radical (unpaired) electrons. The Hall–Kier alpha value is -0.940. The second-order valence-corrected chi connectivity index (χ2v) is 3.75. The van der Waals surface area contributed by atoms with E-state index in [1.54, 1.807) is 13.1 Å². The molecule has 0 saturated carbocycles. The number of nitrogens with one attached hydrogen (secondary N) is 1. The lowest BCUT2D eigenvalue weighted by Gasteiger charge is -2.08. The van der Waals surface area contributed by atoms with Gasteiger partial charge in [0.1, 0.15) is 0 Å². The lowest BCUT2D eigenvalue weighted by molar-refractivity contribution is 0.0988. The molecule has 0 aromatic heterocycles. The van der Waals surface area contributed by atoms with E-state index < -0.39 is 5.82 Å². The van der Waals surface area contributed by atoms with E-state index in [9.17, 15) is 9.18 Å². The zero-order valence-electron chi connectivity index (χ0n) is 8.43. The number of carbonyl (C=O) groups excluding carboxylic acids is 1. The first-order valence-electron chi connectivity index (χ1n) is 4.31. The molecule has 82 valence electrons. The van der Waals surface area contributed by atoms with E-state index in [-0.39, 0.29) is 23.6 Å². The van der Waals surface area contributed by atoms with Crippen LogP contribution < -0.4 is 10.1 Å². The molecule has 15 heavy (non-hydrogen) atoms. The lowest BCUT2D eigenvalue weighted by atomic mass is 10.1. The summed E-state index contributed by atoms with van der Waals surface area (Å²) >= 11 is 3.14. The molecule has 0 fully saturated rings. The van der Waals surface area contributed by atoms with Crippen molar-refractivity contribution in [2.24, 2.45) is 0 Å². The van der Waals surface area contributed by atoms with Gasteiger partial charge in [0.15, 0.2) is 17.3 Å². The highest BCUT2D eigenvalue weighted by atomic mass is 79.9. The smallest absolute Gasteiger partial charge is 0.180 e. The third kappa shape index (κ3) is 2.54. The zero-order chi connectivity index (χ0) is 11.4. The van der Waals surface area contributed by atoms with Crippen molar-refractivity contribution >= 4 is 21.7 Å². The molecule has 0 bridgehead atoms. The van der Waals surface area contributed by atoms with E-state index in [0.717, 1.165) is 0 Å². The Morgan fingerprint density at radius 1 is 1.60 bits per heavy atom. The third-order valence-corrected chi connectivity index (χ3v) is 2.55. The van der Waals surface area contributed by atoms with Gasteiger partial charge >= 0.3 is 0 Å². The highest BCUT2D eigenvalue weighted by Gasteiger charge is 2.18. The van der Waals surface area contributed by atoms with Crippen molar-refractivity contribution in [2.75, 3.05) is 20.7 Å². The molecule has 0 amide bonds. The Bertz CT molecular complexity index is 382. The van der Waals surface area contributed by atoms with Crippen molar-refractivity contribution in [3.05, 3.63) is 28.0 Å². The summed E-state index contributed by atoms with van der Waals surface area (Å²) in [6.07, 6.45) is 0. The average Bonchev–Trinajstić information content (AvgIpc) is 2.18. The van der Waals surface area contributed by atoms with E-state index in [4.69, 9.17) is 4.74 Å². The number of Topliss-reactive ketones (excluding diaryl/α,β-unsaturated/α-hetero) is 1. The van der Waals surface area contributed by atoms with Gasteiger partial charge in [-0.1, -0.05) is 0 Å². The molecule has 0 atom stereocenters. The quantitative estimate of drug-likeness (QED) is 0.855. The second-order valence-electron chi connectivity index (χ2n) is 2.89. The molecule has 0 spiro atoms. The number of rotatable bonds is 4. The normalized spacial score (nSPS) is 10.1. The van der Waals surface area contributed by atoms with E-state index in [1.165, 1.54) is 13.2 Å². The summed E-state index contributed by atoms with van der Waals surface area (Å²) in [6.45, 7) is 0.0860. The summed E-state index contributed by atoms with van der Waals surface area (Å²) in [5.74, 6) is -0.884. The largest absolute Gasteiger partial charge is 0.494 e. The molecule has 1 aromatic carbocycles. The first-order chi connectivity index (χ1) is 7.11. The van der Waals surface area contributed by atoms with Gasteiger partial charge in [-0.2, -0.15) is 0 Å². The Balaban J connectivity index is 3.20. The van der Waals surface area contributed by atoms with Crippen molar-refractivity contribution in [1.29, 1.82) is 0 Å². The van der Waals surface area contributed by atoms with Gasteiger partial charge in [-0.25, -0.2) is 4.39 Å². The van der Waals surface area contributed by atoms with Crippen molar-refractivity contribution in [3.8, 4) is 5.75 Å². The van der Waals surface area contributed by atoms with Crippen molar-refractivity contribution in [1.82, 2.24) is 5.32 Å². The van der Waals surface area contributed by atoms with Crippen LogP contribution in [-0.4, -0.2) is 26.5 Å². The zero-order valence-corrected chi connectivity index (χ0v) is 10.0. The maximum atomic E-state index is 13.7. The standard InChI is InChI=1S/C10H11BrFNO2/c1-13-5-7(14)9-6(11)3-4-8(15-2)10(9)12/h3-4,13H,5H2,1-2H3. The minimum absolute atomic E-state index is 0.0173. The minimum Gasteiger partial charge on any atom is -0.494 e. The Labute approximate surface area is 95.7 Å². The number of methoxy groups -OCH3 is 1.